The molecule has 0 aliphatic rings. The largest absolute Gasteiger partial charge is 0.352 e. The summed E-state index contributed by atoms with van der Waals surface area (Å²) in [5, 5.41) is 14.7. The number of aliphatic imine (C=N–C) groups is 1. The van der Waals surface area contributed by atoms with Crippen LogP contribution in [0.1, 0.15) is 31.9 Å². The fourth-order valence-electron chi connectivity index (χ4n) is 2.09. The predicted octanol–water partition coefficient (Wildman–Crippen LogP) is 1.62. The Bertz CT molecular complexity index is 658. The summed E-state index contributed by atoms with van der Waals surface area (Å²) in [6, 6.07) is 6.16. The number of carbonyl (C=O) groups excluding carboxylic acids is 1. The lowest BCUT2D eigenvalue weighted by Gasteiger charge is -2.25. The van der Waals surface area contributed by atoms with Crippen molar-refractivity contribution in [3.8, 4) is 6.07 Å². The number of hydrogen-bond acceptors (Lipinski definition) is 3. The Hall–Kier alpha value is -2.62. The maximum atomic E-state index is 13.8. The second kappa shape index (κ2) is 8.29. The van der Waals surface area contributed by atoms with Gasteiger partial charge in [-0.25, -0.2) is 4.39 Å². The highest BCUT2D eigenvalue weighted by atomic mass is 19.1. The minimum Gasteiger partial charge on any atom is -0.352 e. The first-order valence-electron chi connectivity index (χ1n) is 7.57. The molecule has 6 nitrogen and oxygen atoms in total. The number of hydrogen-bond donors (Lipinski definition) is 2. The van der Waals surface area contributed by atoms with E-state index in [1.807, 2.05) is 26.8 Å². The normalized spacial score (nSPS) is 11.6. The first kappa shape index (κ1) is 19.4. The molecule has 0 unspecified atom stereocenters. The first-order chi connectivity index (χ1) is 11.2. The molecule has 7 heteroatoms. The summed E-state index contributed by atoms with van der Waals surface area (Å²) in [5.74, 6) is -0.0727. The molecule has 0 bridgehead atoms. The summed E-state index contributed by atoms with van der Waals surface area (Å²) in [5.41, 5.74) is 0.444. The summed E-state index contributed by atoms with van der Waals surface area (Å²) in [7, 11) is 3.31. The summed E-state index contributed by atoms with van der Waals surface area (Å²) >= 11 is 0. The molecule has 2 N–H and O–H groups in total. The number of rotatable bonds is 4. The molecule has 0 aliphatic heterocycles. The predicted molar refractivity (Wildman–Crippen MR) is 91.8 cm³/mol. The molecule has 0 radical (unpaired) electrons. The SMILES string of the molecule is CN=C(NCc1cc(C#N)ccc1F)N(C)CC(=O)NC(C)(C)C. The molecule has 0 atom stereocenters. The van der Waals surface area contributed by atoms with Gasteiger partial charge in [0.2, 0.25) is 5.91 Å². The Morgan fingerprint density at radius 2 is 2.08 bits per heavy atom. The van der Waals surface area contributed by atoms with E-state index in [0.29, 0.717) is 17.1 Å². The van der Waals surface area contributed by atoms with Gasteiger partial charge in [0.15, 0.2) is 5.96 Å². The Morgan fingerprint density at radius 3 is 2.62 bits per heavy atom. The highest BCUT2D eigenvalue weighted by Crippen LogP contribution is 2.10. The number of guanidine groups is 1. The van der Waals surface area contributed by atoms with Crippen LogP contribution in [0, 0.1) is 17.1 Å². The molecule has 0 spiro atoms. The fourth-order valence-corrected chi connectivity index (χ4v) is 2.09. The van der Waals surface area contributed by atoms with Crippen LogP contribution in [0.5, 0.6) is 0 Å². The van der Waals surface area contributed by atoms with Gasteiger partial charge in [-0.1, -0.05) is 0 Å². The standard InChI is InChI=1S/C17H24FN5O/c1-17(2,3)22-15(24)11-23(5)16(20-4)21-10-13-8-12(9-19)6-7-14(13)18/h6-8H,10-11H2,1-5H3,(H,20,21)(H,22,24). The average molecular weight is 333 g/mol. The van der Waals surface area contributed by atoms with Crippen molar-refractivity contribution in [1.82, 2.24) is 15.5 Å². The van der Waals surface area contributed by atoms with Gasteiger partial charge < -0.3 is 15.5 Å². The van der Waals surface area contributed by atoms with Crippen LogP contribution in [-0.4, -0.2) is 42.9 Å². The molecule has 1 rings (SSSR count). The van der Waals surface area contributed by atoms with Gasteiger partial charge in [-0.2, -0.15) is 5.26 Å². The molecule has 130 valence electrons. The third kappa shape index (κ3) is 6.24. The zero-order valence-electron chi connectivity index (χ0n) is 14.8. The Balaban J connectivity index is 2.68. The van der Waals surface area contributed by atoms with Crippen molar-refractivity contribution < 1.29 is 9.18 Å². The number of benzene rings is 1. The van der Waals surface area contributed by atoms with E-state index < -0.39 is 5.82 Å². The Morgan fingerprint density at radius 1 is 1.42 bits per heavy atom. The van der Waals surface area contributed by atoms with E-state index in [4.69, 9.17) is 5.26 Å². The topological polar surface area (TPSA) is 80.5 Å². The lowest BCUT2D eigenvalue weighted by atomic mass is 10.1. The van der Waals surface area contributed by atoms with Gasteiger partial charge in [0.25, 0.3) is 0 Å². The van der Waals surface area contributed by atoms with Crippen molar-refractivity contribution in [1.29, 1.82) is 5.26 Å². The van der Waals surface area contributed by atoms with Gasteiger partial charge in [-0.3, -0.25) is 9.79 Å². The molecule has 24 heavy (non-hydrogen) atoms. The molecule has 0 heterocycles. The van der Waals surface area contributed by atoms with Crippen LogP contribution >= 0.6 is 0 Å². The van der Waals surface area contributed by atoms with Crippen LogP contribution < -0.4 is 10.6 Å². The van der Waals surface area contributed by atoms with E-state index in [0.717, 1.165) is 0 Å². The summed E-state index contributed by atoms with van der Waals surface area (Å²) in [6.45, 7) is 6.01. The van der Waals surface area contributed by atoms with Crippen molar-refractivity contribution in [2.75, 3.05) is 20.6 Å². The molecule has 0 saturated carbocycles. The lowest BCUT2D eigenvalue weighted by molar-refractivity contribution is -0.122. The second-order valence-electron chi connectivity index (χ2n) is 6.47. The van der Waals surface area contributed by atoms with Crippen molar-refractivity contribution in [2.45, 2.75) is 32.9 Å². The molecule has 0 saturated heterocycles. The second-order valence-corrected chi connectivity index (χ2v) is 6.47. The van der Waals surface area contributed by atoms with Gasteiger partial charge in [0.1, 0.15) is 5.82 Å². The zero-order valence-corrected chi connectivity index (χ0v) is 14.8. The minimum absolute atomic E-state index is 0.123. The van der Waals surface area contributed by atoms with Gasteiger partial charge >= 0.3 is 0 Å². The maximum absolute atomic E-state index is 13.8. The maximum Gasteiger partial charge on any atom is 0.240 e. The van der Waals surface area contributed by atoms with Crippen LogP contribution in [0.15, 0.2) is 23.2 Å². The molecular weight excluding hydrogens is 309 g/mol. The van der Waals surface area contributed by atoms with Crippen molar-refractivity contribution >= 4 is 11.9 Å². The third-order valence-corrected chi connectivity index (χ3v) is 3.08. The van der Waals surface area contributed by atoms with Gasteiger partial charge in [-0.05, 0) is 39.0 Å². The molecule has 1 aromatic rings. The highest BCUT2D eigenvalue weighted by Gasteiger charge is 2.17. The Kier molecular flexibility index (Phi) is 6.71. The van der Waals surface area contributed by atoms with E-state index >= 15 is 0 Å². The van der Waals surface area contributed by atoms with Crippen molar-refractivity contribution in [3.05, 3.63) is 35.1 Å². The fraction of sp³-hybridized carbons (Fsp3) is 0.471. The van der Waals surface area contributed by atoms with Gasteiger partial charge in [0.05, 0.1) is 18.2 Å². The van der Waals surface area contributed by atoms with Crippen LogP contribution in [0.4, 0.5) is 4.39 Å². The summed E-state index contributed by atoms with van der Waals surface area (Å²) in [6.07, 6.45) is 0. The third-order valence-electron chi connectivity index (χ3n) is 3.08. The number of amides is 1. The van der Waals surface area contributed by atoms with Crippen LogP contribution in [0.2, 0.25) is 0 Å². The van der Waals surface area contributed by atoms with Crippen LogP contribution in [0.25, 0.3) is 0 Å². The minimum atomic E-state index is -0.398. The number of nitriles is 1. The van der Waals surface area contributed by atoms with Crippen molar-refractivity contribution in [3.63, 3.8) is 0 Å². The van der Waals surface area contributed by atoms with Crippen molar-refractivity contribution in [2.24, 2.45) is 4.99 Å². The molecule has 0 aromatic heterocycles. The average Bonchev–Trinajstić information content (AvgIpc) is 2.47. The number of carbonyl (C=O) groups is 1. The highest BCUT2D eigenvalue weighted by molar-refractivity contribution is 5.86. The van der Waals surface area contributed by atoms with E-state index in [9.17, 15) is 9.18 Å². The smallest absolute Gasteiger partial charge is 0.240 e. The van der Waals surface area contributed by atoms with E-state index in [1.54, 1.807) is 19.0 Å². The van der Waals surface area contributed by atoms with E-state index in [1.165, 1.54) is 18.2 Å². The zero-order chi connectivity index (χ0) is 18.3. The summed E-state index contributed by atoms with van der Waals surface area (Å²) < 4.78 is 13.8. The van der Waals surface area contributed by atoms with Crippen LogP contribution in [-0.2, 0) is 11.3 Å². The number of halogens is 1. The first-order valence-corrected chi connectivity index (χ1v) is 7.57. The number of likely N-dealkylation sites (N-methyl/N-ethyl adjacent to an activating group) is 1. The van der Waals surface area contributed by atoms with E-state index in [-0.39, 0.29) is 24.5 Å². The summed E-state index contributed by atoms with van der Waals surface area (Å²) in [4.78, 5) is 17.7. The number of nitrogens with one attached hydrogen (secondary N) is 2. The quantitative estimate of drug-likeness (QED) is 0.648. The molecule has 0 aliphatic carbocycles. The molecule has 1 aromatic carbocycles. The van der Waals surface area contributed by atoms with E-state index in [2.05, 4.69) is 15.6 Å². The van der Waals surface area contributed by atoms with Crippen LogP contribution in [0.3, 0.4) is 0 Å². The monoisotopic (exact) mass is 333 g/mol. The Labute approximate surface area is 142 Å². The van der Waals surface area contributed by atoms with Gasteiger partial charge in [0, 0.05) is 31.7 Å². The van der Waals surface area contributed by atoms with Gasteiger partial charge in [-0.15, -0.1) is 0 Å². The number of nitrogens with zero attached hydrogens (tertiary/aromatic N) is 3. The molecule has 1 amide bonds. The lowest BCUT2D eigenvalue weighted by Crippen LogP contribution is -2.48. The molecular formula is C17H24FN5O. The molecule has 0 fully saturated rings.